The third kappa shape index (κ3) is 13.6. The number of ether oxygens (including phenoxy) is 2. The van der Waals surface area contributed by atoms with Crippen LogP contribution in [0.3, 0.4) is 0 Å². The number of unbranched alkanes of at least 4 members (excludes halogenated alkanes) is 2. The van der Waals surface area contributed by atoms with Crippen LogP contribution in [0.25, 0.3) is 0 Å². The maximum atomic E-state index is 10.6. The Hall–Kier alpha value is -0.410. The molecule has 0 aromatic heterocycles. The molecule has 0 atom stereocenters. The Labute approximate surface area is 93.1 Å². The number of hydrogen-bond donors (Lipinski definition) is 0. The summed E-state index contributed by atoms with van der Waals surface area (Å²) in [6, 6.07) is 0. The van der Waals surface area contributed by atoms with E-state index in [4.69, 9.17) is 9.47 Å². The van der Waals surface area contributed by atoms with Crippen LogP contribution in [-0.4, -0.2) is 32.2 Å². The smallest absolute Gasteiger partial charge is 0.129 e. The fraction of sp³-hybridized carbons (Fsp3) is 0.917. The normalized spacial score (nSPS) is 10.5. The van der Waals surface area contributed by atoms with Crippen molar-refractivity contribution in [2.45, 2.75) is 46.0 Å². The molecule has 0 spiro atoms. The molecule has 0 aromatic rings. The van der Waals surface area contributed by atoms with Crippen molar-refractivity contribution in [3.05, 3.63) is 0 Å². The van der Waals surface area contributed by atoms with Crippen LogP contribution in [0.15, 0.2) is 0 Å². The van der Waals surface area contributed by atoms with E-state index in [1.807, 2.05) is 0 Å². The lowest BCUT2D eigenvalue weighted by Crippen LogP contribution is -2.06. The minimum atomic E-state index is 0.262. The zero-order valence-corrected chi connectivity index (χ0v) is 10.1. The topological polar surface area (TPSA) is 35.5 Å². The molecule has 0 rings (SSSR count). The zero-order chi connectivity index (χ0) is 11.4. The highest BCUT2D eigenvalue weighted by atomic mass is 16.5. The molecule has 0 N–H and O–H groups in total. The lowest BCUT2D eigenvalue weighted by atomic mass is 10.2. The summed E-state index contributed by atoms with van der Waals surface area (Å²) in [7, 11) is 0. The molecule has 0 aliphatic carbocycles. The second-order valence-corrected chi connectivity index (χ2v) is 3.74. The third-order valence-corrected chi connectivity index (χ3v) is 2.08. The van der Waals surface area contributed by atoms with E-state index < -0.39 is 0 Å². The Bertz CT molecular complexity index is 146. The van der Waals surface area contributed by atoms with E-state index in [9.17, 15) is 4.79 Å². The van der Waals surface area contributed by atoms with E-state index in [2.05, 4.69) is 6.92 Å². The van der Waals surface area contributed by atoms with Gasteiger partial charge in [-0.15, -0.1) is 0 Å². The van der Waals surface area contributed by atoms with Crippen molar-refractivity contribution in [3.63, 3.8) is 0 Å². The van der Waals surface area contributed by atoms with Crippen molar-refractivity contribution >= 4 is 5.78 Å². The summed E-state index contributed by atoms with van der Waals surface area (Å²) in [5, 5.41) is 0. The Kier molecular flexibility index (Phi) is 11.3. The van der Waals surface area contributed by atoms with E-state index in [1.54, 1.807) is 6.92 Å². The van der Waals surface area contributed by atoms with Gasteiger partial charge in [-0.25, -0.2) is 0 Å². The standard InChI is InChI=1S/C12H24O3/c1-3-4-8-14-10-11-15-9-6-5-7-12(2)13/h3-11H2,1-2H3. The molecular formula is C12H24O3. The van der Waals surface area contributed by atoms with Gasteiger partial charge >= 0.3 is 0 Å². The highest BCUT2D eigenvalue weighted by Gasteiger charge is 1.94. The quantitative estimate of drug-likeness (QED) is 0.498. The van der Waals surface area contributed by atoms with Gasteiger partial charge in [0.15, 0.2) is 0 Å². The summed E-state index contributed by atoms with van der Waals surface area (Å²) in [6.07, 6.45) is 4.88. The molecule has 0 amide bonds. The lowest BCUT2D eigenvalue weighted by molar-refractivity contribution is -0.117. The second-order valence-electron chi connectivity index (χ2n) is 3.74. The predicted molar refractivity (Wildman–Crippen MR) is 61.1 cm³/mol. The van der Waals surface area contributed by atoms with E-state index >= 15 is 0 Å². The number of hydrogen-bond acceptors (Lipinski definition) is 3. The molecule has 0 radical (unpaired) electrons. The SMILES string of the molecule is CCCCOCCOCCCCC(C)=O. The minimum Gasteiger partial charge on any atom is -0.379 e. The van der Waals surface area contributed by atoms with Crippen molar-refractivity contribution in [2.24, 2.45) is 0 Å². The molecule has 0 aliphatic rings. The van der Waals surface area contributed by atoms with Crippen molar-refractivity contribution < 1.29 is 14.3 Å². The summed E-state index contributed by atoms with van der Waals surface area (Å²) < 4.78 is 10.7. The first-order valence-electron chi connectivity index (χ1n) is 5.92. The van der Waals surface area contributed by atoms with Crippen molar-refractivity contribution in [1.82, 2.24) is 0 Å². The molecule has 0 unspecified atom stereocenters. The molecule has 0 saturated carbocycles. The first-order chi connectivity index (χ1) is 7.27. The summed E-state index contributed by atoms with van der Waals surface area (Å²) in [5.41, 5.74) is 0. The summed E-state index contributed by atoms with van der Waals surface area (Å²) in [4.78, 5) is 10.6. The number of rotatable bonds is 11. The number of carbonyl (C=O) groups is 1. The fourth-order valence-corrected chi connectivity index (χ4v) is 1.15. The molecule has 0 saturated heterocycles. The van der Waals surface area contributed by atoms with Gasteiger partial charge in [0.05, 0.1) is 13.2 Å². The molecule has 0 bridgehead atoms. The molecule has 0 fully saturated rings. The Morgan fingerprint density at radius 1 is 0.933 bits per heavy atom. The molecule has 3 heteroatoms. The number of ketones is 1. The van der Waals surface area contributed by atoms with Crippen LogP contribution < -0.4 is 0 Å². The van der Waals surface area contributed by atoms with Gasteiger partial charge in [-0.05, 0) is 26.2 Å². The second kappa shape index (κ2) is 11.7. The van der Waals surface area contributed by atoms with Crippen LogP contribution in [0.4, 0.5) is 0 Å². The molecule has 90 valence electrons. The Morgan fingerprint density at radius 2 is 1.53 bits per heavy atom. The average molecular weight is 216 g/mol. The van der Waals surface area contributed by atoms with Gasteiger partial charge in [-0.1, -0.05) is 13.3 Å². The maximum Gasteiger partial charge on any atom is 0.129 e. The fourth-order valence-electron chi connectivity index (χ4n) is 1.15. The molecule has 3 nitrogen and oxygen atoms in total. The predicted octanol–water partition coefficient (Wildman–Crippen LogP) is 2.58. The Balaban J connectivity index is 2.89. The minimum absolute atomic E-state index is 0.262. The van der Waals surface area contributed by atoms with Gasteiger partial charge < -0.3 is 14.3 Å². The van der Waals surface area contributed by atoms with Gasteiger partial charge in [-0.3, -0.25) is 0 Å². The number of carbonyl (C=O) groups excluding carboxylic acids is 1. The lowest BCUT2D eigenvalue weighted by Gasteiger charge is -2.04. The molecule has 0 aliphatic heterocycles. The van der Waals surface area contributed by atoms with Crippen LogP contribution in [0.1, 0.15) is 46.0 Å². The molecule has 0 heterocycles. The van der Waals surface area contributed by atoms with Gasteiger partial charge in [0.2, 0.25) is 0 Å². The first kappa shape index (κ1) is 14.6. The van der Waals surface area contributed by atoms with Crippen molar-refractivity contribution in [1.29, 1.82) is 0 Å². The van der Waals surface area contributed by atoms with E-state index in [1.165, 1.54) is 6.42 Å². The van der Waals surface area contributed by atoms with Gasteiger partial charge in [0.25, 0.3) is 0 Å². The monoisotopic (exact) mass is 216 g/mol. The summed E-state index contributed by atoms with van der Waals surface area (Å²) in [5.74, 6) is 0.262. The number of Topliss-reactive ketones (excluding diaryl/α,β-unsaturated/α-hetero) is 1. The first-order valence-corrected chi connectivity index (χ1v) is 5.92. The average Bonchev–Trinajstić information content (AvgIpc) is 2.20. The molecular weight excluding hydrogens is 192 g/mol. The largest absolute Gasteiger partial charge is 0.379 e. The molecule has 0 aromatic carbocycles. The van der Waals surface area contributed by atoms with Gasteiger partial charge in [0.1, 0.15) is 5.78 Å². The van der Waals surface area contributed by atoms with Crippen molar-refractivity contribution in [2.75, 3.05) is 26.4 Å². The highest BCUT2D eigenvalue weighted by molar-refractivity contribution is 5.75. The summed E-state index contributed by atoms with van der Waals surface area (Å²) >= 11 is 0. The van der Waals surface area contributed by atoms with Crippen LogP contribution >= 0.6 is 0 Å². The highest BCUT2D eigenvalue weighted by Crippen LogP contribution is 1.96. The maximum absolute atomic E-state index is 10.6. The van der Waals surface area contributed by atoms with Gasteiger partial charge in [0, 0.05) is 19.6 Å². The van der Waals surface area contributed by atoms with E-state index in [0.717, 1.165) is 32.5 Å². The zero-order valence-electron chi connectivity index (χ0n) is 10.1. The van der Waals surface area contributed by atoms with Crippen molar-refractivity contribution in [3.8, 4) is 0 Å². The third-order valence-electron chi connectivity index (χ3n) is 2.08. The van der Waals surface area contributed by atoms with Crippen LogP contribution in [0, 0.1) is 0 Å². The summed E-state index contributed by atoms with van der Waals surface area (Å²) in [6.45, 7) is 6.71. The van der Waals surface area contributed by atoms with E-state index in [0.29, 0.717) is 19.6 Å². The van der Waals surface area contributed by atoms with Crippen LogP contribution in [0.5, 0.6) is 0 Å². The van der Waals surface area contributed by atoms with Gasteiger partial charge in [-0.2, -0.15) is 0 Å². The van der Waals surface area contributed by atoms with Crippen LogP contribution in [0.2, 0.25) is 0 Å². The van der Waals surface area contributed by atoms with E-state index in [-0.39, 0.29) is 5.78 Å². The molecule has 15 heavy (non-hydrogen) atoms. The Morgan fingerprint density at radius 3 is 2.07 bits per heavy atom. The van der Waals surface area contributed by atoms with Crippen LogP contribution in [-0.2, 0) is 14.3 Å².